The van der Waals surface area contributed by atoms with Crippen molar-refractivity contribution >= 4 is 15.8 Å². The van der Waals surface area contributed by atoms with E-state index in [4.69, 9.17) is 0 Å². The second-order valence-corrected chi connectivity index (χ2v) is 38.8. The Hall–Kier alpha value is 1.35. The molecule has 4 unspecified atom stereocenters. The van der Waals surface area contributed by atoms with E-state index < -0.39 is 6.23 Å². The molecule has 0 saturated carbocycles. The van der Waals surface area contributed by atoms with Gasteiger partial charge in [0.2, 0.25) is 0 Å². The average Bonchev–Trinajstić information content (AvgIpc) is 3.44. The summed E-state index contributed by atoms with van der Waals surface area (Å²) in [5.74, 6) is 0. The fourth-order valence-corrected chi connectivity index (χ4v) is 113. The third kappa shape index (κ3) is 0.130. The average molecular weight is 365 g/mol. The van der Waals surface area contributed by atoms with Crippen molar-refractivity contribution in [3.05, 3.63) is 0 Å². The Morgan fingerprint density at radius 1 is 0.619 bits per heavy atom. The van der Waals surface area contributed by atoms with Crippen molar-refractivity contribution in [3.8, 4) is 0 Å². The summed E-state index contributed by atoms with van der Waals surface area (Å²) in [6, 6.07) is 0. The van der Waals surface area contributed by atoms with Gasteiger partial charge in [0, 0.05) is 0 Å². The predicted octanol–water partition coefficient (Wildman–Crippen LogP) is 6.23. The predicted molar refractivity (Wildman–Crippen MR) is 91.5 cm³/mol. The van der Waals surface area contributed by atoms with E-state index in [2.05, 4.69) is 27.7 Å². The molecule has 10 aliphatic rings. The van der Waals surface area contributed by atoms with Gasteiger partial charge in [-0.3, -0.25) is 0 Å². The van der Waals surface area contributed by atoms with E-state index in [1.807, 2.05) is 0 Å². The molecule has 0 aromatic carbocycles. The molecule has 0 aromatic rings. The van der Waals surface area contributed by atoms with Crippen molar-refractivity contribution in [1.82, 2.24) is 0 Å². The first kappa shape index (κ1) is 10.4. The normalized spacial score (nSPS) is 103. The summed E-state index contributed by atoms with van der Waals surface area (Å²) in [4.78, 5) is 12.2. The van der Waals surface area contributed by atoms with Crippen LogP contribution in [0.15, 0.2) is 0 Å². The van der Waals surface area contributed by atoms with Crippen molar-refractivity contribution < 1.29 is 6.23 Å². The van der Waals surface area contributed by atoms with Crippen LogP contribution < -0.4 is 0 Å². The molecule has 10 aliphatic heterocycles. The molecule has 1 spiro atoms. The number of rotatable bonds is 6. The first-order chi connectivity index (χ1) is 9.98. The molecular weight excluding hydrogens is 337 g/mol. The van der Waals surface area contributed by atoms with Crippen molar-refractivity contribution in [3.63, 3.8) is 0 Å². The molecule has 120 valence electrons. The number of hydrogen-bond acceptors (Lipinski definition) is 0. The van der Waals surface area contributed by atoms with Crippen LogP contribution in [0.4, 0.5) is 0 Å². The second kappa shape index (κ2) is 1.04. The van der Waals surface area contributed by atoms with Crippen molar-refractivity contribution in [1.29, 1.82) is 0 Å². The monoisotopic (exact) mass is 364 g/mol. The van der Waals surface area contributed by atoms with E-state index >= 15 is 0 Å². The maximum absolute atomic E-state index is 2.78. The minimum absolute atomic E-state index is 0.445. The van der Waals surface area contributed by atoms with E-state index in [-0.39, 0.29) is 0 Å². The van der Waals surface area contributed by atoms with E-state index in [1.54, 1.807) is 24.6 Å². The molecule has 10 rings (SSSR count). The van der Waals surface area contributed by atoms with Gasteiger partial charge in [-0.15, -0.1) is 0 Å². The Morgan fingerprint density at radius 3 is 1.14 bits per heavy atom. The summed E-state index contributed by atoms with van der Waals surface area (Å²) in [6.07, 6.45) is 3.70. The van der Waals surface area contributed by atoms with Gasteiger partial charge in [-0.25, -0.2) is 0 Å². The van der Waals surface area contributed by atoms with E-state index in [1.165, 1.54) is 47.4 Å². The Bertz CT molecular complexity index is 964. The molecule has 4 atom stereocenters. The van der Waals surface area contributed by atoms with Gasteiger partial charge >= 0.3 is 122 Å². The van der Waals surface area contributed by atoms with Gasteiger partial charge in [0.1, 0.15) is 0 Å². The Balaban J connectivity index is 1.49. The van der Waals surface area contributed by atoms with Gasteiger partial charge in [-0.1, -0.05) is 0 Å². The minimum atomic E-state index is -2.78. The van der Waals surface area contributed by atoms with Crippen LogP contribution in [0.3, 0.4) is 0 Å². The molecule has 0 radical (unpaired) electrons. The van der Waals surface area contributed by atoms with E-state index in [9.17, 15) is 0 Å². The topological polar surface area (TPSA) is 0 Å². The maximum atomic E-state index is 2.60. The van der Waals surface area contributed by atoms with Gasteiger partial charge in [0.05, 0.1) is 0 Å². The van der Waals surface area contributed by atoms with Crippen LogP contribution in [-0.2, 0) is 6.23 Å². The van der Waals surface area contributed by atoms with Crippen LogP contribution in [0.5, 0.6) is 0 Å². The van der Waals surface area contributed by atoms with Crippen molar-refractivity contribution in [2.45, 2.75) is 75.1 Å². The Morgan fingerprint density at radius 2 is 0.952 bits per heavy atom. The molecule has 21 heavy (non-hydrogen) atoms. The fraction of sp³-hybridized carbons (Fsp3) is 1.00. The van der Waals surface area contributed by atoms with Gasteiger partial charge in [0.15, 0.2) is 0 Å². The van der Waals surface area contributed by atoms with Crippen LogP contribution in [0.2, 0.25) is 39.1 Å². The van der Waals surface area contributed by atoms with Crippen LogP contribution in [0.25, 0.3) is 0 Å². The summed E-state index contributed by atoms with van der Waals surface area (Å²) >= 11 is 0. The SMILES string of the molecule is CCP(CC)[C]12[CH]3[CH]4[CH]5[C]1(P(CC)CC)[Ni]43521678[CH]2[CH]1[CH]6[CH]7[CH]28. The summed E-state index contributed by atoms with van der Waals surface area (Å²) in [6.45, 7) is 10.4. The van der Waals surface area contributed by atoms with Gasteiger partial charge in [-0.2, -0.15) is 0 Å². The van der Waals surface area contributed by atoms with E-state index in [0.717, 1.165) is 0 Å². The fourth-order valence-electron chi connectivity index (χ4n) is 17.5. The molecule has 0 aliphatic carbocycles. The molecular formula is C18H28NiP2. The first-order valence-corrected chi connectivity index (χ1v) is 18.5. The molecule has 0 nitrogen and oxygen atoms in total. The summed E-state index contributed by atoms with van der Waals surface area (Å²) in [5.41, 5.74) is 0. The van der Waals surface area contributed by atoms with Crippen LogP contribution in [0, 0.1) is 0 Å². The Labute approximate surface area is 121 Å². The third-order valence-corrected chi connectivity index (χ3v) is 68.0. The molecule has 10 saturated heterocycles. The molecule has 0 amide bonds. The van der Waals surface area contributed by atoms with Crippen molar-refractivity contribution in [2.75, 3.05) is 24.6 Å². The third-order valence-electron chi connectivity index (χ3n) is 15.7. The number of hydrogen-bond donors (Lipinski definition) is 0. The zero-order valence-electron chi connectivity index (χ0n) is 13.7. The van der Waals surface area contributed by atoms with Gasteiger partial charge in [-0.05, 0) is 0 Å². The molecule has 10 heterocycles. The summed E-state index contributed by atoms with van der Waals surface area (Å²) in [5, 5.41) is 0. The zero-order valence-corrected chi connectivity index (χ0v) is 16.4. The van der Waals surface area contributed by atoms with Gasteiger partial charge in [0.25, 0.3) is 0 Å². The van der Waals surface area contributed by atoms with Crippen LogP contribution in [0.1, 0.15) is 27.7 Å². The summed E-state index contributed by atoms with van der Waals surface area (Å²) < 4.78 is 2.42. The van der Waals surface area contributed by atoms with Gasteiger partial charge < -0.3 is 0 Å². The molecule has 10 fully saturated rings. The Kier molecular flexibility index (Phi) is 0.512. The summed E-state index contributed by atoms with van der Waals surface area (Å²) in [7, 11) is 0.889. The molecule has 0 N–H and O–H groups in total. The quantitative estimate of drug-likeness (QED) is 0.386. The second-order valence-electron chi connectivity index (χ2n) is 11.2. The first-order valence-electron chi connectivity index (χ1n) is 9.48. The standard InChI is InChI=1S/C13H23P2.C5H5.Ni/c1-5-14(6-2)12-10-9-11-13(12)15(7-3)8-4;1-2-4-5-3-1;/h9-11H,5-8H2,1-4H3;1-5H;. The number of fused-ring (bicyclic) bond motifs is 10. The van der Waals surface area contributed by atoms with Crippen LogP contribution in [-0.4, -0.2) is 32.9 Å². The zero-order chi connectivity index (χ0) is 13.9. The molecule has 0 aromatic heterocycles. The molecule has 3 heteroatoms. The molecule has 0 bridgehead atoms. The van der Waals surface area contributed by atoms with Crippen LogP contribution >= 0.6 is 15.8 Å². The van der Waals surface area contributed by atoms with E-state index in [0.29, 0.717) is 15.8 Å². The van der Waals surface area contributed by atoms with Crippen molar-refractivity contribution in [2.24, 2.45) is 0 Å².